The van der Waals surface area contributed by atoms with Crippen molar-refractivity contribution < 1.29 is 18.7 Å². The number of hydrogen-bond acceptors (Lipinski definition) is 5. The van der Waals surface area contributed by atoms with E-state index in [1.165, 1.54) is 19.2 Å². The molecule has 1 heterocycles. The number of nitrogens with zero attached hydrogens (tertiary/aromatic N) is 2. The number of aryl methyl sites for hydroxylation is 2. The summed E-state index contributed by atoms with van der Waals surface area (Å²) in [5, 5.41) is 7.17. The smallest absolute Gasteiger partial charge is 0.324 e. The zero-order valence-electron chi connectivity index (χ0n) is 14.7. The lowest BCUT2D eigenvalue weighted by Gasteiger charge is -2.12. The van der Waals surface area contributed by atoms with Crippen LogP contribution in [-0.4, -0.2) is 41.4 Å². The van der Waals surface area contributed by atoms with Crippen LogP contribution in [0, 0.1) is 12.7 Å². The van der Waals surface area contributed by atoms with Gasteiger partial charge >= 0.3 is 5.97 Å². The van der Waals surface area contributed by atoms with E-state index in [2.05, 4.69) is 15.2 Å². The Morgan fingerprint density at radius 2 is 2.12 bits per heavy atom. The van der Waals surface area contributed by atoms with E-state index in [4.69, 9.17) is 17.3 Å². The van der Waals surface area contributed by atoms with E-state index in [0.29, 0.717) is 28.5 Å². The number of aromatic nitrogens is 2. The molecule has 0 bridgehead atoms. The third-order valence-corrected chi connectivity index (χ3v) is 4.23. The molecule has 0 fully saturated rings. The second-order valence-electron chi connectivity index (χ2n) is 5.63. The van der Waals surface area contributed by atoms with Crippen LogP contribution in [0.4, 0.5) is 4.39 Å². The van der Waals surface area contributed by atoms with Crippen LogP contribution in [0.3, 0.4) is 0 Å². The molecule has 0 radical (unpaired) electrons. The molecule has 3 N–H and O–H groups in total. The van der Waals surface area contributed by atoms with E-state index in [1.807, 2.05) is 6.92 Å². The highest BCUT2D eigenvalue weighted by molar-refractivity contribution is 6.33. The highest BCUT2D eigenvalue weighted by Gasteiger charge is 2.19. The quantitative estimate of drug-likeness (QED) is 0.743. The number of carbonyl (C=O) groups excluding carboxylic acids is 2. The molecule has 2 aromatic rings. The van der Waals surface area contributed by atoms with Crippen molar-refractivity contribution in [1.29, 1.82) is 0 Å². The van der Waals surface area contributed by atoms with Crippen LogP contribution in [-0.2, 0) is 16.1 Å². The molecule has 1 aromatic heterocycles. The lowest BCUT2D eigenvalue weighted by atomic mass is 10.1. The van der Waals surface area contributed by atoms with Gasteiger partial charge in [-0.1, -0.05) is 11.6 Å². The first-order valence-electron chi connectivity index (χ1n) is 7.93. The molecule has 7 nitrogen and oxygen atoms in total. The Morgan fingerprint density at radius 3 is 2.73 bits per heavy atom. The van der Waals surface area contributed by atoms with E-state index in [1.54, 1.807) is 11.6 Å². The van der Waals surface area contributed by atoms with Gasteiger partial charge in [-0.2, -0.15) is 5.10 Å². The molecule has 0 spiro atoms. The number of hydrogen-bond donors (Lipinski definition) is 2. The second kappa shape index (κ2) is 8.29. The first-order chi connectivity index (χ1) is 12.3. The molecule has 0 aliphatic rings. The molecule has 1 aromatic carbocycles. The maximum Gasteiger partial charge on any atom is 0.324 e. The average molecular weight is 383 g/mol. The summed E-state index contributed by atoms with van der Waals surface area (Å²) in [5.41, 5.74) is 7.23. The molecule has 0 saturated carbocycles. The van der Waals surface area contributed by atoms with E-state index in [0.717, 1.165) is 6.07 Å². The number of methoxy groups -OCH3 is 1. The van der Waals surface area contributed by atoms with Gasteiger partial charge < -0.3 is 15.8 Å². The molecule has 9 heteroatoms. The maximum atomic E-state index is 14.1. The molecular formula is C17H20ClFN4O3. The first kappa shape index (κ1) is 19.9. The van der Waals surface area contributed by atoms with Gasteiger partial charge in [-0.3, -0.25) is 14.3 Å². The number of rotatable bonds is 6. The van der Waals surface area contributed by atoms with Crippen molar-refractivity contribution in [3.63, 3.8) is 0 Å². The fourth-order valence-electron chi connectivity index (χ4n) is 2.46. The summed E-state index contributed by atoms with van der Waals surface area (Å²) in [7, 11) is 1.20. The minimum absolute atomic E-state index is 0.0784. The van der Waals surface area contributed by atoms with Gasteiger partial charge in [-0.05, 0) is 32.0 Å². The largest absolute Gasteiger partial charge is 0.468 e. The third-order valence-electron chi connectivity index (χ3n) is 3.77. The van der Waals surface area contributed by atoms with Crippen LogP contribution in [0.25, 0.3) is 11.3 Å². The van der Waals surface area contributed by atoms with Crippen molar-refractivity contribution >= 4 is 23.5 Å². The SMILES string of the molecule is CCn1nc(C)c(Cl)c1-c1cc(F)cc(C(=O)NC[C@@H](N)C(=O)OC)c1. The zero-order valence-corrected chi connectivity index (χ0v) is 15.4. The van der Waals surface area contributed by atoms with E-state index in [9.17, 15) is 14.0 Å². The minimum atomic E-state index is -1.00. The van der Waals surface area contributed by atoms with Crippen molar-refractivity contribution in [2.24, 2.45) is 5.73 Å². The van der Waals surface area contributed by atoms with E-state index in [-0.39, 0.29) is 12.1 Å². The summed E-state index contributed by atoms with van der Waals surface area (Å²) in [5.74, 6) is -1.82. The Kier molecular flexibility index (Phi) is 6.33. The highest BCUT2D eigenvalue weighted by atomic mass is 35.5. The van der Waals surface area contributed by atoms with Gasteiger partial charge in [0.05, 0.1) is 23.5 Å². The number of nitrogens with one attached hydrogen (secondary N) is 1. The molecule has 26 heavy (non-hydrogen) atoms. The standard InChI is InChI=1S/C17H20ClFN4O3/c1-4-23-15(14(18)9(2)22-23)10-5-11(7-12(19)6-10)16(24)21-8-13(20)17(25)26-3/h5-7,13H,4,8,20H2,1-3H3,(H,21,24)/t13-/m1/s1. The monoisotopic (exact) mass is 382 g/mol. The Bertz CT molecular complexity index is 838. The molecule has 0 unspecified atom stereocenters. The Morgan fingerprint density at radius 1 is 1.42 bits per heavy atom. The fourth-order valence-corrected chi connectivity index (χ4v) is 2.71. The van der Waals surface area contributed by atoms with Crippen molar-refractivity contribution in [3.05, 3.63) is 40.3 Å². The molecular weight excluding hydrogens is 363 g/mol. The van der Waals surface area contributed by atoms with E-state index >= 15 is 0 Å². The average Bonchev–Trinajstić information content (AvgIpc) is 2.92. The van der Waals surface area contributed by atoms with Gasteiger partial charge in [0.1, 0.15) is 11.9 Å². The van der Waals surface area contributed by atoms with Crippen LogP contribution in [0.15, 0.2) is 18.2 Å². The van der Waals surface area contributed by atoms with Crippen LogP contribution in [0.2, 0.25) is 5.02 Å². The summed E-state index contributed by atoms with van der Waals surface area (Å²) >= 11 is 6.29. The van der Waals surface area contributed by atoms with Crippen molar-refractivity contribution in [1.82, 2.24) is 15.1 Å². The summed E-state index contributed by atoms with van der Waals surface area (Å²) in [4.78, 5) is 23.6. The Balaban J connectivity index is 2.30. The summed E-state index contributed by atoms with van der Waals surface area (Å²) < 4.78 is 20.2. The highest BCUT2D eigenvalue weighted by Crippen LogP contribution is 2.31. The van der Waals surface area contributed by atoms with Crippen LogP contribution >= 0.6 is 11.6 Å². The second-order valence-corrected chi connectivity index (χ2v) is 6.01. The normalized spacial score (nSPS) is 11.9. The van der Waals surface area contributed by atoms with Crippen molar-refractivity contribution in [2.45, 2.75) is 26.4 Å². The van der Waals surface area contributed by atoms with Crippen molar-refractivity contribution in [2.75, 3.05) is 13.7 Å². The van der Waals surface area contributed by atoms with Crippen LogP contribution < -0.4 is 11.1 Å². The number of halogens is 2. The summed E-state index contributed by atoms with van der Waals surface area (Å²) in [6.07, 6.45) is 0. The Labute approximate surface area is 155 Å². The molecule has 0 aliphatic heterocycles. The van der Waals surface area contributed by atoms with Gasteiger partial charge in [0.2, 0.25) is 0 Å². The number of ether oxygens (including phenoxy) is 1. The molecule has 1 amide bonds. The molecule has 0 saturated heterocycles. The van der Waals surface area contributed by atoms with Gasteiger partial charge in [0, 0.05) is 24.2 Å². The number of nitrogens with two attached hydrogens (primary N) is 1. The fraction of sp³-hybridized carbons (Fsp3) is 0.353. The van der Waals surface area contributed by atoms with Crippen molar-refractivity contribution in [3.8, 4) is 11.3 Å². The maximum absolute atomic E-state index is 14.1. The lowest BCUT2D eigenvalue weighted by Crippen LogP contribution is -2.43. The summed E-state index contributed by atoms with van der Waals surface area (Å²) in [6.45, 7) is 4.03. The Hall–Kier alpha value is -2.45. The van der Waals surface area contributed by atoms with Crippen LogP contribution in [0.5, 0.6) is 0 Å². The van der Waals surface area contributed by atoms with Gasteiger partial charge in [-0.15, -0.1) is 0 Å². The zero-order chi connectivity index (χ0) is 19.4. The molecule has 0 aliphatic carbocycles. The number of amides is 1. The van der Waals surface area contributed by atoms with Gasteiger partial charge in [-0.25, -0.2) is 4.39 Å². The third kappa shape index (κ3) is 4.20. The summed E-state index contributed by atoms with van der Waals surface area (Å²) in [6, 6.07) is 2.88. The molecule has 140 valence electrons. The molecule has 1 atom stereocenters. The van der Waals surface area contributed by atoms with Crippen LogP contribution in [0.1, 0.15) is 23.0 Å². The van der Waals surface area contributed by atoms with Gasteiger partial charge in [0.25, 0.3) is 5.91 Å². The topological polar surface area (TPSA) is 99.2 Å². The van der Waals surface area contributed by atoms with Gasteiger partial charge in [0.15, 0.2) is 0 Å². The predicted molar refractivity (Wildman–Crippen MR) is 95.4 cm³/mol. The van der Waals surface area contributed by atoms with E-state index < -0.39 is 23.7 Å². The lowest BCUT2D eigenvalue weighted by molar-refractivity contribution is -0.141. The predicted octanol–water partition coefficient (Wildman–Crippen LogP) is 1.90. The number of esters is 1. The minimum Gasteiger partial charge on any atom is -0.468 e. The number of benzene rings is 1. The number of carbonyl (C=O) groups is 2. The first-order valence-corrected chi connectivity index (χ1v) is 8.31. The molecule has 2 rings (SSSR count).